The van der Waals surface area contributed by atoms with Gasteiger partial charge in [0.1, 0.15) is 0 Å². The number of hydrogen-bond acceptors (Lipinski definition) is 2. The van der Waals surface area contributed by atoms with Gasteiger partial charge in [-0.2, -0.15) is 30.7 Å². The first-order valence-electron chi connectivity index (χ1n) is 9.49. The second-order valence-corrected chi connectivity index (χ2v) is 9.54. The number of anilines is 1. The number of thioether (sulfide) groups is 1. The van der Waals surface area contributed by atoms with Gasteiger partial charge in [-0.05, 0) is 92.2 Å². The Morgan fingerprint density at radius 1 is 1.03 bits per heavy atom. The monoisotopic (exact) mass is 474 g/mol. The molecule has 2 nitrogen and oxygen atoms in total. The minimum Gasteiger partial charge on any atom is -0.360 e. The highest BCUT2D eigenvalue weighted by atomic mass is 32.2. The first-order chi connectivity index (χ1) is 13.8. The summed E-state index contributed by atoms with van der Waals surface area (Å²) in [6.07, 6.45) is -1.40. The quantitative estimate of drug-likeness (QED) is 0.273. The minimum absolute atomic E-state index is 0.165. The number of benzene rings is 1. The molecule has 0 radical (unpaired) electrons. The molecule has 2 fully saturated rings. The Hall–Kier alpha value is -1.23. The van der Waals surface area contributed by atoms with Crippen LogP contribution in [0.1, 0.15) is 32.6 Å². The second kappa shape index (κ2) is 8.37. The molecule has 0 amide bonds. The van der Waals surface area contributed by atoms with E-state index >= 15 is 0 Å². The maximum absolute atomic E-state index is 13.5. The van der Waals surface area contributed by atoms with Gasteiger partial charge in [0.15, 0.2) is 5.11 Å². The Balaban J connectivity index is 1.54. The molecule has 0 aliphatic heterocycles. The maximum atomic E-state index is 13.5. The highest BCUT2D eigenvalue weighted by molar-refractivity contribution is 8.00. The zero-order chi connectivity index (χ0) is 22.3. The number of fused-ring (bicyclic) bond motifs is 2. The fourth-order valence-corrected chi connectivity index (χ4v) is 5.49. The summed E-state index contributed by atoms with van der Waals surface area (Å²) < 4.78 is 89.7. The van der Waals surface area contributed by atoms with Crippen LogP contribution in [0.25, 0.3) is 0 Å². The van der Waals surface area contributed by atoms with Crippen molar-refractivity contribution in [2.75, 3.05) is 5.32 Å². The third kappa shape index (κ3) is 4.81. The predicted octanol–water partition coefficient (Wildman–Crippen LogP) is 6.68. The largest absolute Gasteiger partial charge is 0.460 e. The molecule has 168 valence electrons. The summed E-state index contributed by atoms with van der Waals surface area (Å²) in [6, 6.07) is 4.82. The molecule has 1 aromatic rings. The molecule has 11 heteroatoms. The summed E-state index contributed by atoms with van der Waals surface area (Å²) in [5, 5.41) is 1.09. The van der Waals surface area contributed by atoms with Crippen LogP contribution in [0.2, 0.25) is 0 Å². The van der Waals surface area contributed by atoms with Gasteiger partial charge in [0.05, 0.1) is 0 Å². The van der Waals surface area contributed by atoms with Crippen molar-refractivity contribution >= 4 is 34.8 Å². The van der Waals surface area contributed by atoms with Gasteiger partial charge in [-0.25, -0.2) is 0 Å². The van der Waals surface area contributed by atoms with Crippen LogP contribution in [-0.2, 0) is 0 Å². The molecule has 2 N–H and O–H groups in total. The zero-order valence-corrected chi connectivity index (χ0v) is 17.5. The minimum atomic E-state index is -6.35. The van der Waals surface area contributed by atoms with E-state index in [9.17, 15) is 30.7 Å². The summed E-state index contributed by atoms with van der Waals surface area (Å²) in [5.74, 6) is -4.12. The van der Waals surface area contributed by atoms with E-state index in [-0.39, 0.29) is 6.04 Å². The van der Waals surface area contributed by atoms with Gasteiger partial charge in [0.25, 0.3) is 0 Å². The molecule has 2 aliphatic carbocycles. The predicted molar refractivity (Wildman–Crippen MR) is 106 cm³/mol. The molecule has 1 aromatic carbocycles. The first-order valence-corrected chi connectivity index (χ1v) is 10.7. The van der Waals surface area contributed by atoms with Crippen molar-refractivity contribution in [1.29, 1.82) is 0 Å². The fourth-order valence-electron chi connectivity index (χ4n) is 4.37. The summed E-state index contributed by atoms with van der Waals surface area (Å²) in [6.45, 7) is 2.06. The van der Waals surface area contributed by atoms with Crippen LogP contribution in [0.4, 0.5) is 36.4 Å². The van der Waals surface area contributed by atoms with Crippen LogP contribution in [0.15, 0.2) is 29.2 Å². The van der Waals surface area contributed by atoms with Crippen LogP contribution >= 0.6 is 24.0 Å². The topological polar surface area (TPSA) is 24.1 Å². The molecular weight excluding hydrogens is 453 g/mol. The lowest BCUT2D eigenvalue weighted by Gasteiger charge is -2.29. The zero-order valence-electron chi connectivity index (χ0n) is 15.9. The third-order valence-electron chi connectivity index (χ3n) is 5.87. The molecule has 0 aromatic heterocycles. The van der Waals surface area contributed by atoms with E-state index in [1.54, 1.807) is 0 Å². The smallest absolute Gasteiger partial charge is 0.360 e. The standard InChI is InChI=1S/C19H21F7N2S2/c1-10(15-9-11-2-3-12(15)8-11)27-16(29)28-13-4-6-14(7-5-13)30-19(25,26)17(20,21)18(22,23)24/h4-7,10-12,15H,2-3,8-9H2,1H3,(H2,27,28,29). The van der Waals surface area contributed by atoms with Crippen molar-refractivity contribution in [3.05, 3.63) is 24.3 Å². The fraction of sp³-hybridized carbons (Fsp3) is 0.632. The van der Waals surface area contributed by atoms with Gasteiger partial charge in [-0.15, -0.1) is 0 Å². The van der Waals surface area contributed by atoms with Gasteiger partial charge >= 0.3 is 17.4 Å². The normalized spacial score (nSPS) is 25.3. The summed E-state index contributed by atoms with van der Waals surface area (Å²) in [5.41, 5.74) is 0.405. The van der Waals surface area contributed by atoms with Crippen molar-refractivity contribution in [2.45, 2.75) is 60.9 Å². The highest BCUT2D eigenvalue weighted by Crippen LogP contribution is 2.54. The molecule has 2 bridgehead atoms. The van der Waals surface area contributed by atoms with E-state index in [1.165, 1.54) is 37.8 Å². The van der Waals surface area contributed by atoms with Crippen molar-refractivity contribution in [3.63, 3.8) is 0 Å². The molecule has 4 atom stereocenters. The van der Waals surface area contributed by atoms with Crippen LogP contribution in [0, 0.1) is 17.8 Å². The number of rotatable bonds is 6. The van der Waals surface area contributed by atoms with Gasteiger partial charge in [-0.1, -0.05) is 6.42 Å². The SMILES string of the molecule is CC(NC(=S)Nc1ccc(SC(F)(F)C(F)(F)C(F)(F)F)cc1)C1CC2CCC1C2. The molecule has 2 saturated carbocycles. The molecular formula is C19H21F7N2S2. The van der Waals surface area contributed by atoms with Crippen molar-refractivity contribution in [2.24, 2.45) is 17.8 Å². The Labute approximate surface area is 179 Å². The van der Waals surface area contributed by atoms with E-state index in [2.05, 4.69) is 17.6 Å². The number of nitrogens with one attached hydrogen (secondary N) is 2. The number of halogens is 7. The van der Waals surface area contributed by atoms with Crippen LogP contribution in [0.5, 0.6) is 0 Å². The van der Waals surface area contributed by atoms with Crippen molar-refractivity contribution in [1.82, 2.24) is 5.32 Å². The lowest BCUT2D eigenvalue weighted by atomic mass is 9.84. The van der Waals surface area contributed by atoms with Gasteiger partial charge < -0.3 is 10.6 Å². The van der Waals surface area contributed by atoms with E-state index in [4.69, 9.17) is 12.2 Å². The lowest BCUT2D eigenvalue weighted by Crippen LogP contribution is -2.49. The van der Waals surface area contributed by atoms with Crippen LogP contribution < -0.4 is 10.6 Å². The number of hydrogen-bond donors (Lipinski definition) is 2. The van der Waals surface area contributed by atoms with E-state index in [1.807, 2.05) is 0 Å². The van der Waals surface area contributed by atoms with Crippen molar-refractivity contribution < 1.29 is 30.7 Å². The van der Waals surface area contributed by atoms with Gasteiger partial charge in [0.2, 0.25) is 0 Å². The van der Waals surface area contributed by atoms with Crippen LogP contribution in [0.3, 0.4) is 0 Å². The molecule has 0 spiro atoms. The van der Waals surface area contributed by atoms with Crippen molar-refractivity contribution in [3.8, 4) is 0 Å². The van der Waals surface area contributed by atoms with Crippen LogP contribution in [-0.4, -0.2) is 28.5 Å². The van der Waals surface area contributed by atoms with Gasteiger partial charge in [0, 0.05) is 16.6 Å². The number of thiocarbonyl (C=S) groups is 1. The Kier molecular flexibility index (Phi) is 6.54. The maximum Gasteiger partial charge on any atom is 0.460 e. The molecule has 0 saturated heterocycles. The molecule has 2 aliphatic rings. The molecule has 4 unspecified atom stereocenters. The third-order valence-corrected chi connectivity index (χ3v) is 7.11. The lowest BCUT2D eigenvalue weighted by molar-refractivity contribution is -0.330. The van der Waals surface area contributed by atoms with E-state index < -0.39 is 34.0 Å². The second-order valence-electron chi connectivity index (χ2n) is 7.94. The Bertz CT molecular complexity index is 767. The Morgan fingerprint density at radius 3 is 2.17 bits per heavy atom. The van der Waals surface area contributed by atoms with E-state index in [0.717, 1.165) is 18.1 Å². The number of alkyl halides is 7. The van der Waals surface area contributed by atoms with Gasteiger partial charge in [-0.3, -0.25) is 0 Å². The Morgan fingerprint density at radius 2 is 1.67 bits per heavy atom. The molecule has 30 heavy (non-hydrogen) atoms. The van der Waals surface area contributed by atoms with E-state index in [0.29, 0.717) is 22.6 Å². The summed E-state index contributed by atoms with van der Waals surface area (Å²) in [7, 11) is 0. The first kappa shape index (κ1) is 23.4. The summed E-state index contributed by atoms with van der Waals surface area (Å²) in [4.78, 5) is -0.427. The average molecular weight is 475 g/mol. The molecule has 3 rings (SSSR count). The molecule has 0 heterocycles. The highest BCUT2D eigenvalue weighted by Gasteiger charge is 2.73. The summed E-state index contributed by atoms with van der Waals surface area (Å²) >= 11 is 4.43. The average Bonchev–Trinajstić information content (AvgIpc) is 3.25.